The van der Waals surface area contributed by atoms with Crippen LogP contribution in [0, 0.1) is 0 Å². The number of aromatic nitrogens is 2. The number of hydrogen-bond donors (Lipinski definition) is 1. The van der Waals surface area contributed by atoms with Crippen molar-refractivity contribution in [2.75, 3.05) is 39.3 Å². The van der Waals surface area contributed by atoms with E-state index in [1.807, 2.05) is 24.2 Å². The van der Waals surface area contributed by atoms with Crippen LogP contribution in [-0.2, 0) is 27.9 Å². The van der Waals surface area contributed by atoms with E-state index in [9.17, 15) is 22.8 Å². The Morgan fingerprint density at radius 3 is 2.24 bits per heavy atom. The maximum absolute atomic E-state index is 12.6. The molecule has 3 saturated heterocycles. The van der Waals surface area contributed by atoms with E-state index in [2.05, 4.69) is 14.9 Å². The van der Waals surface area contributed by atoms with Crippen molar-refractivity contribution >= 4 is 17.8 Å². The van der Waals surface area contributed by atoms with Crippen molar-refractivity contribution < 1.29 is 32.7 Å². The number of halogens is 3. The highest BCUT2D eigenvalue weighted by molar-refractivity contribution is 5.80. The summed E-state index contributed by atoms with van der Waals surface area (Å²) >= 11 is 0. The third-order valence-electron chi connectivity index (χ3n) is 6.91. The molecular weight excluding hydrogens is 455 g/mol. The first-order valence-electron chi connectivity index (χ1n) is 11.6. The van der Waals surface area contributed by atoms with Crippen molar-refractivity contribution in [2.24, 2.45) is 7.05 Å². The highest BCUT2D eigenvalue weighted by Gasteiger charge is 2.47. The lowest BCUT2D eigenvalue weighted by atomic mass is 9.84. The molecule has 4 heterocycles. The molecule has 9 nitrogen and oxygen atoms in total. The van der Waals surface area contributed by atoms with Gasteiger partial charge < -0.3 is 19.8 Å². The van der Waals surface area contributed by atoms with Gasteiger partial charge in [-0.1, -0.05) is 0 Å². The van der Waals surface area contributed by atoms with Crippen molar-refractivity contribution in [1.82, 2.24) is 24.5 Å². The van der Waals surface area contributed by atoms with E-state index >= 15 is 0 Å². The molecule has 0 aromatic carbocycles. The molecular formula is C22H32F3N5O4. The SMILES string of the molecule is Cn1ccc(CC(=O)N2CCC3(CCC(=O)N3CCN3CCCC3)CC2)n1.O=C(O)C(F)(F)F. The Kier molecular flexibility index (Phi) is 8.21. The monoisotopic (exact) mass is 487 g/mol. The summed E-state index contributed by atoms with van der Waals surface area (Å²) in [6.45, 7) is 5.69. The zero-order valence-electron chi connectivity index (χ0n) is 19.4. The third-order valence-corrected chi connectivity index (χ3v) is 6.91. The largest absolute Gasteiger partial charge is 0.490 e. The first-order chi connectivity index (χ1) is 16.0. The number of carbonyl (C=O) groups excluding carboxylic acids is 2. The number of alkyl halides is 3. The molecule has 0 saturated carbocycles. The van der Waals surface area contributed by atoms with Gasteiger partial charge in [0.2, 0.25) is 11.8 Å². The van der Waals surface area contributed by atoms with Crippen molar-refractivity contribution in [3.63, 3.8) is 0 Å². The van der Waals surface area contributed by atoms with E-state index in [4.69, 9.17) is 9.90 Å². The minimum absolute atomic E-state index is 0.0153. The highest BCUT2D eigenvalue weighted by Crippen LogP contribution is 2.39. The van der Waals surface area contributed by atoms with Crippen LogP contribution in [0.2, 0.25) is 0 Å². The molecule has 190 valence electrons. The number of aliphatic carboxylic acids is 1. The summed E-state index contributed by atoms with van der Waals surface area (Å²) in [5, 5.41) is 11.4. The maximum atomic E-state index is 12.6. The van der Waals surface area contributed by atoms with Gasteiger partial charge in [0.25, 0.3) is 0 Å². The predicted octanol–water partition coefficient (Wildman–Crippen LogP) is 1.68. The number of rotatable bonds is 5. The molecule has 1 aromatic rings. The number of nitrogens with zero attached hydrogens (tertiary/aromatic N) is 5. The summed E-state index contributed by atoms with van der Waals surface area (Å²) in [5.41, 5.74) is 0.810. The van der Waals surface area contributed by atoms with Gasteiger partial charge in [0.15, 0.2) is 0 Å². The fourth-order valence-corrected chi connectivity index (χ4v) is 5.00. The smallest absolute Gasteiger partial charge is 0.475 e. The molecule has 12 heteroatoms. The fourth-order valence-electron chi connectivity index (χ4n) is 5.00. The molecule has 0 aliphatic carbocycles. The van der Waals surface area contributed by atoms with Crippen LogP contribution < -0.4 is 0 Å². The van der Waals surface area contributed by atoms with Gasteiger partial charge in [-0.05, 0) is 51.3 Å². The molecule has 3 aliphatic heterocycles. The zero-order chi connectivity index (χ0) is 24.9. The maximum Gasteiger partial charge on any atom is 0.490 e. The Bertz CT molecular complexity index is 874. The summed E-state index contributed by atoms with van der Waals surface area (Å²) in [6.07, 6.45) is 3.16. The highest BCUT2D eigenvalue weighted by atomic mass is 19.4. The number of carbonyl (C=O) groups is 3. The summed E-state index contributed by atoms with van der Waals surface area (Å²) in [4.78, 5) is 40.6. The van der Waals surface area contributed by atoms with Crippen LogP contribution in [0.1, 0.15) is 44.2 Å². The van der Waals surface area contributed by atoms with Crippen molar-refractivity contribution in [2.45, 2.75) is 56.7 Å². The average Bonchev–Trinajstić information content (AvgIpc) is 3.50. The first-order valence-corrected chi connectivity index (χ1v) is 11.6. The molecule has 3 fully saturated rings. The fraction of sp³-hybridized carbons (Fsp3) is 0.727. The molecule has 34 heavy (non-hydrogen) atoms. The molecule has 2 amide bonds. The molecule has 1 spiro atoms. The molecule has 0 bridgehead atoms. The van der Waals surface area contributed by atoms with Gasteiger partial charge in [0.05, 0.1) is 12.1 Å². The number of piperidine rings is 1. The zero-order valence-corrected chi connectivity index (χ0v) is 19.4. The number of amides is 2. The Labute approximate surface area is 196 Å². The van der Waals surface area contributed by atoms with E-state index < -0.39 is 12.1 Å². The third kappa shape index (κ3) is 6.49. The summed E-state index contributed by atoms with van der Waals surface area (Å²) in [6, 6.07) is 1.90. The summed E-state index contributed by atoms with van der Waals surface area (Å²) in [7, 11) is 1.87. The van der Waals surface area contributed by atoms with Crippen LogP contribution in [0.15, 0.2) is 12.3 Å². The van der Waals surface area contributed by atoms with Crippen LogP contribution in [0.4, 0.5) is 13.2 Å². The Morgan fingerprint density at radius 2 is 1.71 bits per heavy atom. The van der Waals surface area contributed by atoms with Crippen molar-refractivity contribution in [1.29, 1.82) is 0 Å². The molecule has 1 aromatic heterocycles. The normalized spacial score (nSPS) is 20.5. The van der Waals surface area contributed by atoms with Crippen LogP contribution in [0.5, 0.6) is 0 Å². The number of hydrogen-bond acceptors (Lipinski definition) is 5. The second-order valence-electron chi connectivity index (χ2n) is 9.16. The minimum atomic E-state index is -5.08. The van der Waals surface area contributed by atoms with Crippen LogP contribution in [0.25, 0.3) is 0 Å². The molecule has 1 N–H and O–H groups in total. The topological polar surface area (TPSA) is 99.0 Å². The number of carboxylic acids is 1. The van der Waals surface area contributed by atoms with Crippen molar-refractivity contribution in [3.05, 3.63) is 18.0 Å². The van der Waals surface area contributed by atoms with Crippen molar-refractivity contribution in [3.8, 4) is 0 Å². The number of carboxylic acid groups (broad SMARTS) is 1. The molecule has 4 rings (SSSR count). The standard InChI is InChI=1S/C20H31N5O2.C2HF3O2/c1-22-11-5-17(21-22)16-19(27)24-12-7-20(8-13-24)6-4-18(26)25(20)15-14-23-9-2-3-10-23;3-2(4,5)1(6)7/h5,11H,2-4,6-10,12-16H2,1H3;(H,6,7). The summed E-state index contributed by atoms with van der Waals surface area (Å²) < 4.78 is 33.5. The number of aryl methyl sites for hydroxylation is 1. The second-order valence-corrected chi connectivity index (χ2v) is 9.16. The van der Waals surface area contributed by atoms with Crippen LogP contribution >= 0.6 is 0 Å². The molecule has 0 radical (unpaired) electrons. The van der Waals surface area contributed by atoms with Gasteiger partial charge in [0.1, 0.15) is 0 Å². The van der Waals surface area contributed by atoms with E-state index in [1.54, 1.807) is 4.68 Å². The quantitative estimate of drug-likeness (QED) is 0.679. The van der Waals surface area contributed by atoms with Gasteiger partial charge in [0, 0.05) is 51.4 Å². The first kappa shape index (κ1) is 26.0. The van der Waals surface area contributed by atoms with Gasteiger partial charge in [-0.2, -0.15) is 18.3 Å². The van der Waals surface area contributed by atoms with Crippen LogP contribution in [-0.4, -0.2) is 98.4 Å². The Hall–Kier alpha value is -2.63. The Morgan fingerprint density at radius 1 is 1.09 bits per heavy atom. The lowest BCUT2D eigenvalue weighted by molar-refractivity contribution is -0.192. The number of likely N-dealkylation sites (tertiary alicyclic amines) is 3. The van der Waals surface area contributed by atoms with Gasteiger partial charge in [-0.25, -0.2) is 4.79 Å². The predicted molar refractivity (Wildman–Crippen MR) is 116 cm³/mol. The van der Waals surface area contributed by atoms with Crippen LogP contribution in [0.3, 0.4) is 0 Å². The lowest BCUT2D eigenvalue weighted by Crippen LogP contribution is -2.55. The van der Waals surface area contributed by atoms with E-state index in [0.717, 1.165) is 51.1 Å². The summed E-state index contributed by atoms with van der Waals surface area (Å²) in [5.74, 6) is -2.30. The van der Waals surface area contributed by atoms with Gasteiger partial charge >= 0.3 is 12.1 Å². The van der Waals surface area contributed by atoms with Gasteiger partial charge in [-0.3, -0.25) is 14.3 Å². The van der Waals surface area contributed by atoms with E-state index in [1.165, 1.54) is 25.9 Å². The lowest BCUT2D eigenvalue weighted by Gasteiger charge is -2.45. The second kappa shape index (κ2) is 10.7. The van der Waals surface area contributed by atoms with E-state index in [0.29, 0.717) is 18.7 Å². The van der Waals surface area contributed by atoms with E-state index in [-0.39, 0.29) is 11.4 Å². The van der Waals surface area contributed by atoms with Gasteiger partial charge in [-0.15, -0.1) is 0 Å². The molecule has 3 aliphatic rings. The molecule has 0 unspecified atom stereocenters. The Balaban J connectivity index is 0.000000406. The minimum Gasteiger partial charge on any atom is -0.475 e. The molecule has 0 atom stereocenters. The average molecular weight is 488 g/mol.